The van der Waals surface area contributed by atoms with Crippen LogP contribution in [0.5, 0.6) is 0 Å². The third-order valence-electron chi connectivity index (χ3n) is 2.18. The Kier molecular flexibility index (Phi) is 2.36. The van der Waals surface area contributed by atoms with Gasteiger partial charge in [0.05, 0.1) is 11.5 Å². The highest BCUT2D eigenvalue weighted by Gasteiger charge is 2.55. The van der Waals surface area contributed by atoms with Gasteiger partial charge >= 0.3 is 6.18 Å². The molecule has 1 N–H and O–H groups in total. The van der Waals surface area contributed by atoms with Crippen LogP contribution in [0.15, 0.2) is 0 Å². The van der Waals surface area contributed by atoms with Crippen molar-refractivity contribution < 1.29 is 26.7 Å². The summed E-state index contributed by atoms with van der Waals surface area (Å²) in [5, 5.41) is 9.05. The van der Waals surface area contributed by atoms with Crippen molar-refractivity contribution in [2.24, 2.45) is 0 Å². The first-order chi connectivity index (χ1) is 5.66. The fraction of sp³-hybridized carbons (Fsp3) is 1.00. The molecular weight excluding hydrogens is 209 g/mol. The van der Waals surface area contributed by atoms with E-state index in [-0.39, 0.29) is 0 Å². The number of halogens is 3. The standard InChI is InChI=1S/C6H9F3O3S/c7-6(8,9)5(10)1-3-13(11,12)4-2-5/h10H,1-4H2. The molecule has 0 atom stereocenters. The maximum atomic E-state index is 12.1. The first-order valence-corrected chi connectivity index (χ1v) is 5.48. The number of sulfone groups is 1. The number of alkyl halides is 3. The fourth-order valence-corrected chi connectivity index (χ4v) is 2.66. The van der Waals surface area contributed by atoms with Gasteiger partial charge in [-0.15, -0.1) is 0 Å². The van der Waals surface area contributed by atoms with Crippen molar-refractivity contribution in [2.75, 3.05) is 11.5 Å². The maximum absolute atomic E-state index is 12.1. The van der Waals surface area contributed by atoms with E-state index >= 15 is 0 Å². The lowest BCUT2D eigenvalue weighted by molar-refractivity contribution is -0.262. The molecule has 13 heavy (non-hydrogen) atoms. The van der Waals surface area contributed by atoms with E-state index in [1.807, 2.05) is 0 Å². The Balaban J connectivity index is 2.79. The molecule has 0 unspecified atom stereocenters. The van der Waals surface area contributed by atoms with E-state index in [0.717, 1.165) is 0 Å². The van der Waals surface area contributed by atoms with Crippen LogP contribution in [0, 0.1) is 0 Å². The minimum absolute atomic E-state index is 0.594. The van der Waals surface area contributed by atoms with Crippen LogP contribution >= 0.6 is 0 Å². The first kappa shape index (κ1) is 10.8. The van der Waals surface area contributed by atoms with Gasteiger partial charge in [0.15, 0.2) is 15.4 Å². The largest absolute Gasteiger partial charge is 0.417 e. The predicted octanol–water partition coefficient (Wildman–Crippen LogP) is 0.488. The molecule has 1 aliphatic rings. The Morgan fingerprint density at radius 3 is 1.85 bits per heavy atom. The van der Waals surface area contributed by atoms with Crippen LogP contribution in [-0.2, 0) is 9.84 Å². The van der Waals surface area contributed by atoms with Gasteiger partial charge in [-0.05, 0) is 12.8 Å². The van der Waals surface area contributed by atoms with E-state index in [4.69, 9.17) is 5.11 Å². The summed E-state index contributed by atoms with van der Waals surface area (Å²) in [4.78, 5) is 0. The van der Waals surface area contributed by atoms with Gasteiger partial charge in [-0.3, -0.25) is 0 Å². The molecule has 1 fully saturated rings. The lowest BCUT2D eigenvalue weighted by Crippen LogP contribution is -2.50. The van der Waals surface area contributed by atoms with Gasteiger partial charge in [0.25, 0.3) is 0 Å². The van der Waals surface area contributed by atoms with Crippen LogP contribution in [0.4, 0.5) is 13.2 Å². The monoisotopic (exact) mass is 218 g/mol. The van der Waals surface area contributed by atoms with E-state index in [9.17, 15) is 21.6 Å². The molecule has 1 heterocycles. The van der Waals surface area contributed by atoms with E-state index in [1.54, 1.807) is 0 Å². The Bertz CT molecular complexity index is 279. The van der Waals surface area contributed by atoms with E-state index in [2.05, 4.69) is 0 Å². The second kappa shape index (κ2) is 2.84. The molecule has 0 amide bonds. The summed E-state index contributed by atoms with van der Waals surface area (Å²) >= 11 is 0. The summed E-state index contributed by atoms with van der Waals surface area (Å²) in [6, 6.07) is 0. The molecule has 78 valence electrons. The van der Waals surface area contributed by atoms with Crippen LogP contribution in [0.2, 0.25) is 0 Å². The molecule has 0 aromatic heterocycles. The van der Waals surface area contributed by atoms with Crippen molar-refractivity contribution in [1.82, 2.24) is 0 Å². The Morgan fingerprint density at radius 2 is 1.54 bits per heavy atom. The van der Waals surface area contributed by atoms with Crippen LogP contribution in [0.3, 0.4) is 0 Å². The molecule has 3 nitrogen and oxygen atoms in total. The van der Waals surface area contributed by atoms with Crippen molar-refractivity contribution in [2.45, 2.75) is 24.6 Å². The van der Waals surface area contributed by atoms with Crippen molar-refractivity contribution in [3.05, 3.63) is 0 Å². The lowest BCUT2D eigenvalue weighted by Gasteiger charge is -2.33. The molecule has 0 saturated carbocycles. The average Bonchev–Trinajstić information content (AvgIpc) is 1.94. The highest BCUT2D eigenvalue weighted by Crippen LogP contribution is 2.38. The third kappa shape index (κ3) is 2.14. The van der Waals surface area contributed by atoms with Gasteiger partial charge in [0.1, 0.15) is 0 Å². The summed E-state index contributed by atoms with van der Waals surface area (Å²) < 4.78 is 58.0. The van der Waals surface area contributed by atoms with Crippen LogP contribution in [-0.4, -0.2) is 36.8 Å². The summed E-state index contributed by atoms with van der Waals surface area (Å²) in [6.07, 6.45) is -6.24. The number of hydrogen-bond acceptors (Lipinski definition) is 3. The van der Waals surface area contributed by atoms with Gasteiger partial charge in [0, 0.05) is 0 Å². The van der Waals surface area contributed by atoms with Crippen molar-refractivity contribution in [3.63, 3.8) is 0 Å². The van der Waals surface area contributed by atoms with Crippen LogP contribution < -0.4 is 0 Å². The predicted molar refractivity (Wildman–Crippen MR) is 38.9 cm³/mol. The average molecular weight is 218 g/mol. The summed E-state index contributed by atoms with van der Waals surface area (Å²) in [5.74, 6) is -1.19. The Labute approximate surface area is 73.5 Å². The number of hydrogen-bond donors (Lipinski definition) is 1. The normalized spacial score (nSPS) is 27.1. The zero-order valence-electron chi connectivity index (χ0n) is 6.63. The molecule has 1 rings (SSSR count). The number of aliphatic hydroxyl groups is 1. The third-order valence-corrected chi connectivity index (χ3v) is 3.83. The number of rotatable bonds is 0. The maximum Gasteiger partial charge on any atom is 0.417 e. The fourth-order valence-electron chi connectivity index (χ4n) is 1.16. The van der Waals surface area contributed by atoms with Crippen molar-refractivity contribution >= 4 is 9.84 Å². The molecule has 1 saturated heterocycles. The Hall–Kier alpha value is -0.300. The second-order valence-corrected chi connectivity index (χ2v) is 5.48. The van der Waals surface area contributed by atoms with Crippen LogP contribution in [0.25, 0.3) is 0 Å². The lowest BCUT2D eigenvalue weighted by atomic mass is 9.96. The van der Waals surface area contributed by atoms with E-state index in [1.165, 1.54) is 0 Å². The SMILES string of the molecule is O=S1(=O)CCC(O)(C(F)(F)F)CC1. The summed E-state index contributed by atoms with van der Waals surface area (Å²) in [5.41, 5.74) is -2.81. The highest BCUT2D eigenvalue weighted by molar-refractivity contribution is 7.91. The molecular formula is C6H9F3O3S. The molecule has 0 aliphatic carbocycles. The zero-order valence-corrected chi connectivity index (χ0v) is 7.45. The minimum atomic E-state index is -4.73. The first-order valence-electron chi connectivity index (χ1n) is 3.66. The van der Waals surface area contributed by atoms with Gasteiger partial charge in [0.2, 0.25) is 0 Å². The van der Waals surface area contributed by atoms with Crippen molar-refractivity contribution in [1.29, 1.82) is 0 Å². The second-order valence-electron chi connectivity index (χ2n) is 3.18. The molecule has 1 aliphatic heterocycles. The summed E-state index contributed by atoms with van der Waals surface area (Å²) in [6.45, 7) is 0. The molecule has 7 heteroatoms. The molecule has 0 spiro atoms. The van der Waals surface area contributed by atoms with E-state index < -0.39 is 46.0 Å². The molecule has 0 radical (unpaired) electrons. The molecule has 0 bridgehead atoms. The van der Waals surface area contributed by atoms with Crippen molar-refractivity contribution in [3.8, 4) is 0 Å². The Morgan fingerprint density at radius 1 is 1.15 bits per heavy atom. The van der Waals surface area contributed by atoms with E-state index in [0.29, 0.717) is 0 Å². The highest BCUT2D eigenvalue weighted by atomic mass is 32.2. The van der Waals surface area contributed by atoms with Gasteiger partial charge in [-0.2, -0.15) is 13.2 Å². The van der Waals surface area contributed by atoms with Gasteiger partial charge in [-0.25, -0.2) is 8.42 Å². The minimum Gasteiger partial charge on any atom is -0.380 e. The smallest absolute Gasteiger partial charge is 0.380 e. The molecule has 0 aromatic carbocycles. The molecule has 0 aromatic rings. The summed E-state index contributed by atoms with van der Waals surface area (Å²) in [7, 11) is -3.37. The quantitative estimate of drug-likeness (QED) is 0.643. The van der Waals surface area contributed by atoms with Gasteiger partial charge < -0.3 is 5.11 Å². The zero-order chi connectivity index (χ0) is 10.3. The van der Waals surface area contributed by atoms with Crippen LogP contribution in [0.1, 0.15) is 12.8 Å². The topological polar surface area (TPSA) is 54.4 Å². The van der Waals surface area contributed by atoms with Gasteiger partial charge in [-0.1, -0.05) is 0 Å².